The highest BCUT2D eigenvalue weighted by Gasteiger charge is 2.33. The van der Waals surface area contributed by atoms with Gasteiger partial charge in [0, 0.05) is 17.1 Å². The summed E-state index contributed by atoms with van der Waals surface area (Å²) in [6, 6.07) is 7.88. The first kappa shape index (κ1) is 17.5. The van der Waals surface area contributed by atoms with Gasteiger partial charge in [-0.3, -0.25) is 10.1 Å². The lowest BCUT2D eigenvalue weighted by atomic mass is 10.1. The summed E-state index contributed by atoms with van der Waals surface area (Å²) in [5.41, 5.74) is 2.97. The number of anilines is 1. The molecule has 1 amide bonds. The minimum absolute atomic E-state index is 0.0612. The number of aromatic nitrogens is 2. The third kappa shape index (κ3) is 3.69. The van der Waals surface area contributed by atoms with Crippen molar-refractivity contribution < 1.29 is 14.7 Å². The van der Waals surface area contributed by atoms with Crippen LogP contribution in [0.2, 0.25) is 0 Å². The molecule has 1 aliphatic rings. The van der Waals surface area contributed by atoms with Crippen LogP contribution in [0.25, 0.3) is 0 Å². The smallest absolute Gasteiger partial charge is 0.253 e. The molecule has 8 heteroatoms. The van der Waals surface area contributed by atoms with Gasteiger partial charge in [0.15, 0.2) is 0 Å². The second kappa shape index (κ2) is 6.91. The van der Waals surface area contributed by atoms with Crippen molar-refractivity contribution >= 4 is 29.5 Å². The number of nitrogens with zero attached hydrogens (tertiary/aromatic N) is 4. The standard InChI is InChI=1S/C18H19N5O3/c1-10-5-4-6-13(7-10)23-14(16(25)26)9-15(24)21-18(23)22-17-19-11(2)8-12(3)20-17/h4-8,14H,9H2,1-3H3,(H,25,26)(H,19,20,21,22,24)/p-1/t14-/m0/s1. The Morgan fingerprint density at radius 3 is 2.54 bits per heavy atom. The molecule has 1 N–H and O–H groups in total. The Morgan fingerprint density at radius 2 is 1.92 bits per heavy atom. The van der Waals surface area contributed by atoms with Gasteiger partial charge in [-0.05, 0) is 44.5 Å². The van der Waals surface area contributed by atoms with Gasteiger partial charge in [-0.25, -0.2) is 9.97 Å². The number of hydrogen-bond acceptors (Lipinski definition) is 6. The molecule has 0 bridgehead atoms. The van der Waals surface area contributed by atoms with Crippen LogP contribution >= 0.6 is 0 Å². The molecule has 1 aromatic heterocycles. The van der Waals surface area contributed by atoms with Crippen molar-refractivity contribution in [2.45, 2.75) is 33.2 Å². The van der Waals surface area contributed by atoms with Crippen LogP contribution in [0, 0.1) is 20.8 Å². The summed E-state index contributed by atoms with van der Waals surface area (Å²) in [6.07, 6.45) is -0.233. The lowest BCUT2D eigenvalue weighted by Crippen LogP contribution is -2.61. The Kier molecular flexibility index (Phi) is 4.66. The van der Waals surface area contributed by atoms with Crippen molar-refractivity contribution in [3.05, 3.63) is 47.3 Å². The third-order valence-corrected chi connectivity index (χ3v) is 3.90. The lowest BCUT2D eigenvalue weighted by Gasteiger charge is -2.38. The quantitative estimate of drug-likeness (QED) is 0.863. The van der Waals surface area contributed by atoms with E-state index in [0.717, 1.165) is 17.0 Å². The Labute approximate surface area is 150 Å². The van der Waals surface area contributed by atoms with E-state index in [1.165, 1.54) is 4.90 Å². The number of amides is 1. The number of guanidine groups is 1. The summed E-state index contributed by atoms with van der Waals surface area (Å²) < 4.78 is 0. The number of aryl methyl sites for hydroxylation is 3. The molecule has 1 atom stereocenters. The summed E-state index contributed by atoms with van der Waals surface area (Å²) in [5, 5.41) is 14.3. The normalized spacial score (nSPS) is 18.7. The Balaban J connectivity index is 2.13. The first-order valence-corrected chi connectivity index (χ1v) is 8.11. The van der Waals surface area contributed by atoms with Crippen molar-refractivity contribution in [2.75, 3.05) is 4.90 Å². The van der Waals surface area contributed by atoms with Gasteiger partial charge in [-0.2, -0.15) is 4.99 Å². The van der Waals surface area contributed by atoms with E-state index in [-0.39, 0.29) is 18.3 Å². The van der Waals surface area contributed by atoms with E-state index < -0.39 is 17.9 Å². The van der Waals surface area contributed by atoms with Crippen molar-refractivity contribution in [3.63, 3.8) is 0 Å². The van der Waals surface area contributed by atoms with E-state index in [4.69, 9.17) is 0 Å². The van der Waals surface area contributed by atoms with Crippen LogP contribution in [0.1, 0.15) is 23.4 Å². The zero-order chi connectivity index (χ0) is 18.8. The monoisotopic (exact) mass is 352 g/mol. The van der Waals surface area contributed by atoms with Gasteiger partial charge in [0.1, 0.15) is 0 Å². The molecule has 1 aromatic carbocycles. The van der Waals surface area contributed by atoms with E-state index in [1.54, 1.807) is 32.0 Å². The summed E-state index contributed by atoms with van der Waals surface area (Å²) in [7, 11) is 0. The number of carboxylic acid groups (broad SMARTS) is 1. The SMILES string of the molecule is Cc1cccc(N2/C(=N/c3nc(C)cc(C)n3)NC(=O)C[C@H]2C(=O)[O-])c1. The fourth-order valence-corrected chi connectivity index (χ4v) is 2.85. The second-order valence-electron chi connectivity index (χ2n) is 6.18. The van der Waals surface area contributed by atoms with Gasteiger partial charge in [0.25, 0.3) is 5.95 Å². The minimum atomic E-state index is -1.35. The van der Waals surface area contributed by atoms with Crippen LogP contribution in [0.4, 0.5) is 11.6 Å². The van der Waals surface area contributed by atoms with Gasteiger partial charge in [0.05, 0.1) is 18.4 Å². The summed E-state index contributed by atoms with van der Waals surface area (Å²) in [4.78, 5) is 37.9. The molecule has 8 nitrogen and oxygen atoms in total. The molecule has 2 heterocycles. The average molecular weight is 352 g/mol. The van der Waals surface area contributed by atoms with Gasteiger partial charge >= 0.3 is 0 Å². The fourth-order valence-electron chi connectivity index (χ4n) is 2.85. The number of carbonyl (C=O) groups is 2. The molecule has 26 heavy (non-hydrogen) atoms. The van der Waals surface area contributed by atoms with Crippen LogP contribution < -0.4 is 15.3 Å². The van der Waals surface area contributed by atoms with Crippen molar-refractivity contribution in [2.24, 2.45) is 4.99 Å². The van der Waals surface area contributed by atoms with Gasteiger partial charge in [0.2, 0.25) is 11.9 Å². The van der Waals surface area contributed by atoms with E-state index in [9.17, 15) is 14.7 Å². The molecule has 0 radical (unpaired) electrons. The van der Waals surface area contributed by atoms with E-state index in [0.29, 0.717) is 5.69 Å². The van der Waals surface area contributed by atoms with E-state index in [2.05, 4.69) is 20.3 Å². The van der Waals surface area contributed by atoms with Crippen molar-refractivity contribution in [1.82, 2.24) is 15.3 Å². The molecular weight excluding hydrogens is 334 g/mol. The number of carboxylic acids is 1. The molecule has 1 saturated heterocycles. The zero-order valence-electron chi connectivity index (χ0n) is 14.7. The number of aliphatic carboxylic acids is 1. The minimum Gasteiger partial charge on any atom is -0.548 e. The highest BCUT2D eigenvalue weighted by molar-refractivity contribution is 6.13. The number of nitrogens with one attached hydrogen (secondary N) is 1. The maximum absolute atomic E-state index is 12.0. The fraction of sp³-hybridized carbons (Fsp3) is 0.278. The highest BCUT2D eigenvalue weighted by Crippen LogP contribution is 2.24. The van der Waals surface area contributed by atoms with Crippen LogP contribution in [0.3, 0.4) is 0 Å². The molecule has 0 aliphatic carbocycles. The number of hydrogen-bond donors (Lipinski definition) is 1. The zero-order valence-corrected chi connectivity index (χ0v) is 14.7. The van der Waals surface area contributed by atoms with Crippen LogP contribution in [0.5, 0.6) is 0 Å². The maximum Gasteiger partial charge on any atom is 0.253 e. The van der Waals surface area contributed by atoms with Crippen LogP contribution in [0.15, 0.2) is 35.3 Å². The maximum atomic E-state index is 12.0. The average Bonchev–Trinajstić information content (AvgIpc) is 2.53. The Hall–Kier alpha value is -3.29. The Bertz CT molecular complexity index is 889. The Morgan fingerprint density at radius 1 is 1.23 bits per heavy atom. The highest BCUT2D eigenvalue weighted by atomic mass is 16.4. The number of benzene rings is 1. The third-order valence-electron chi connectivity index (χ3n) is 3.90. The summed E-state index contributed by atoms with van der Waals surface area (Å²) >= 11 is 0. The molecule has 0 saturated carbocycles. The second-order valence-corrected chi connectivity index (χ2v) is 6.18. The first-order chi connectivity index (χ1) is 12.3. The number of aliphatic imine (C=N–C) groups is 1. The van der Waals surface area contributed by atoms with Crippen molar-refractivity contribution in [1.29, 1.82) is 0 Å². The molecule has 1 aliphatic heterocycles. The number of rotatable bonds is 3. The molecular formula is C18H18N5O3-. The van der Waals surface area contributed by atoms with Crippen molar-refractivity contribution in [3.8, 4) is 0 Å². The molecule has 134 valence electrons. The lowest BCUT2D eigenvalue weighted by molar-refractivity contribution is -0.307. The number of carbonyl (C=O) groups excluding carboxylic acids is 2. The van der Waals surface area contributed by atoms with E-state index >= 15 is 0 Å². The first-order valence-electron chi connectivity index (χ1n) is 8.11. The summed E-state index contributed by atoms with van der Waals surface area (Å²) in [5.74, 6) is -1.60. The summed E-state index contributed by atoms with van der Waals surface area (Å²) in [6.45, 7) is 5.50. The molecule has 2 aromatic rings. The van der Waals surface area contributed by atoms with Gasteiger partial charge in [-0.15, -0.1) is 0 Å². The predicted molar refractivity (Wildman–Crippen MR) is 93.8 cm³/mol. The largest absolute Gasteiger partial charge is 0.548 e. The van der Waals surface area contributed by atoms with E-state index in [1.807, 2.05) is 19.1 Å². The van der Waals surface area contributed by atoms with Gasteiger partial charge < -0.3 is 14.8 Å². The van der Waals surface area contributed by atoms with Gasteiger partial charge in [-0.1, -0.05) is 12.1 Å². The molecule has 0 unspecified atom stereocenters. The van der Waals surface area contributed by atoms with Crippen LogP contribution in [-0.4, -0.2) is 33.8 Å². The molecule has 3 rings (SSSR count). The van der Waals surface area contributed by atoms with Crippen LogP contribution in [-0.2, 0) is 9.59 Å². The predicted octanol–water partition coefficient (Wildman–Crippen LogP) is 0.534. The topological polar surface area (TPSA) is 111 Å². The molecule has 0 spiro atoms. The molecule has 1 fully saturated rings.